The molecule has 0 radical (unpaired) electrons. The van der Waals surface area contributed by atoms with Gasteiger partial charge in [-0.1, -0.05) is 0 Å². The van der Waals surface area contributed by atoms with Crippen molar-refractivity contribution in [3.05, 3.63) is 11.9 Å². The molecule has 1 atom stereocenters. The van der Waals surface area contributed by atoms with Gasteiger partial charge in [-0.3, -0.25) is 0 Å². The summed E-state index contributed by atoms with van der Waals surface area (Å²) in [6.45, 7) is 2.24. The SMILES string of the molecule is CCOC(O)c1cnc(N)[nH]1. The number of H-pyrrole nitrogens is 1. The Morgan fingerprint density at radius 2 is 2.64 bits per heavy atom. The Bertz CT molecular complexity index is 223. The van der Waals surface area contributed by atoms with E-state index in [0.717, 1.165) is 0 Å². The van der Waals surface area contributed by atoms with Crippen molar-refractivity contribution in [1.82, 2.24) is 9.97 Å². The molecule has 1 aromatic heterocycles. The van der Waals surface area contributed by atoms with E-state index in [1.165, 1.54) is 6.20 Å². The normalized spacial score (nSPS) is 13.3. The number of nitrogen functional groups attached to an aromatic ring is 1. The number of aromatic amines is 1. The average Bonchev–Trinajstić information content (AvgIpc) is 2.36. The molecule has 0 amide bonds. The van der Waals surface area contributed by atoms with Gasteiger partial charge < -0.3 is 20.6 Å². The zero-order valence-electron chi connectivity index (χ0n) is 6.24. The maximum atomic E-state index is 9.18. The molecule has 0 aromatic carbocycles. The summed E-state index contributed by atoms with van der Waals surface area (Å²) in [5, 5.41) is 9.18. The molecule has 1 rings (SSSR count). The summed E-state index contributed by atoms with van der Waals surface area (Å²) in [7, 11) is 0. The van der Waals surface area contributed by atoms with Crippen LogP contribution >= 0.6 is 0 Å². The number of nitrogens with zero attached hydrogens (tertiary/aromatic N) is 1. The summed E-state index contributed by atoms with van der Waals surface area (Å²) in [5.74, 6) is 0.277. The number of aliphatic hydroxyl groups excluding tert-OH is 1. The Morgan fingerprint density at radius 1 is 1.91 bits per heavy atom. The third kappa shape index (κ3) is 1.92. The summed E-state index contributed by atoms with van der Waals surface area (Å²) >= 11 is 0. The van der Waals surface area contributed by atoms with Crippen molar-refractivity contribution in [2.75, 3.05) is 12.3 Å². The van der Waals surface area contributed by atoms with Crippen LogP contribution in [-0.4, -0.2) is 21.7 Å². The lowest BCUT2D eigenvalue weighted by atomic mass is 10.5. The summed E-state index contributed by atoms with van der Waals surface area (Å²) < 4.78 is 4.87. The van der Waals surface area contributed by atoms with Crippen molar-refractivity contribution < 1.29 is 9.84 Å². The topological polar surface area (TPSA) is 84.2 Å². The summed E-state index contributed by atoms with van der Waals surface area (Å²) in [6.07, 6.45) is 0.486. The lowest BCUT2D eigenvalue weighted by Crippen LogP contribution is -2.03. The highest BCUT2D eigenvalue weighted by molar-refractivity contribution is 5.18. The number of nitrogens with two attached hydrogens (primary N) is 1. The van der Waals surface area contributed by atoms with Crippen molar-refractivity contribution in [2.24, 2.45) is 0 Å². The molecule has 5 heteroatoms. The van der Waals surface area contributed by atoms with E-state index in [1.807, 2.05) is 0 Å². The largest absolute Gasteiger partial charge is 0.369 e. The molecule has 0 saturated heterocycles. The second-order valence-electron chi connectivity index (χ2n) is 2.03. The summed E-state index contributed by atoms with van der Waals surface area (Å²) in [5.41, 5.74) is 5.76. The van der Waals surface area contributed by atoms with Gasteiger partial charge in [-0.25, -0.2) is 4.98 Å². The minimum atomic E-state index is -0.954. The Labute approximate surface area is 64.2 Å². The summed E-state index contributed by atoms with van der Waals surface area (Å²) in [4.78, 5) is 6.35. The number of anilines is 1. The third-order valence-corrected chi connectivity index (χ3v) is 1.21. The van der Waals surface area contributed by atoms with Crippen LogP contribution in [0.4, 0.5) is 5.95 Å². The van der Waals surface area contributed by atoms with E-state index in [1.54, 1.807) is 6.92 Å². The van der Waals surface area contributed by atoms with Crippen LogP contribution in [-0.2, 0) is 4.74 Å². The Morgan fingerprint density at radius 3 is 3.09 bits per heavy atom. The van der Waals surface area contributed by atoms with Gasteiger partial charge in [0.2, 0.25) is 0 Å². The van der Waals surface area contributed by atoms with Gasteiger partial charge in [0.25, 0.3) is 0 Å². The quantitative estimate of drug-likeness (QED) is 0.540. The van der Waals surface area contributed by atoms with Crippen LogP contribution < -0.4 is 5.73 Å². The van der Waals surface area contributed by atoms with E-state index in [0.29, 0.717) is 12.3 Å². The Hall–Kier alpha value is -1.07. The molecular weight excluding hydrogens is 146 g/mol. The van der Waals surface area contributed by atoms with Crippen molar-refractivity contribution >= 4 is 5.95 Å². The van der Waals surface area contributed by atoms with Crippen molar-refractivity contribution in [3.8, 4) is 0 Å². The molecule has 0 spiro atoms. The first-order valence-corrected chi connectivity index (χ1v) is 3.34. The molecule has 5 nitrogen and oxygen atoms in total. The molecule has 0 fully saturated rings. The highest BCUT2D eigenvalue weighted by atomic mass is 16.6. The van der Waals surface area contributed by atoms with Gasteiger partial charge in [0.15, 0.2) is 12.2 Å². The minimum absolute atomic E-state index is 0.277. The fraction of sp³-hybridized carbons (Fsp3) is 0.500. The number of nitrogens with one attached hydrogen (secondary N) is 1. The molecule has 0 saturated carbocycles. The maximum Gasteiger partial charge on any atom is 0.198 e. The van der Waals surface area contributed by atoms with E-state index in [2.05, 4.69) is 9.97 Å². The van der Waals surface area contributed by atoms with Gasteiger partial charge in [-0.15, -0.1) is 0 Å². The number of hydrogen-bond donors (Lipinski definition) is 3. The van der Waals surface area contributed by atoms with Crippen molar-refractivity contribution in [3.63, 3.8) is 0 Å². The Kier molecular flexibility index (Phi) is 2.45. The molecule has 1 unspecified atom stereocenters. The van der Waals surface area contributed by atoms with Crippen LogP contribution in [0.25, 0.3) is 0 Å². The van der Waals surface area contributed by atoms with Crippen LogP contribution in [0.3, 0.4) is 0 Å². The molecule has 1 aromatic rings. The lowest BCUT2D eigenvalue weighted by molar-refractivity contribution is -0.100. The molecule has 1 heterocycles. The third-order valence-electron chi connectivity index (χ3n) is 1.21. The van der Waals surface area contributed by atoms with Gasteiger partial charge in [0, 0.05) is 6.61 Å². The van der Waals surface area contributed by atoms with Gasteiger partial charge >= 0.3 is 0 Å². The van der Waals surface area contributed by atoms with Gasteiger partial charge in [0.05, 0.1) is 11.9 Å². The van der Waals surface area contributed by atoms with Crippen LogP contribution in [0.5, 0.6) is 0 Å². The lowest BCUT2D eigenvalue weighted by Gasteiger charge is -2.06. The smallest absolute Gasteiger partial charge is 0.198 e. The fourth-order valence-corrected chi connectivity index (χ4v) is 0.725. The summed E-state index contributed by atoms with van der Waals surface area (Å²) in [6, 6.07) is 0. The monoisotopic (exact) mass is 157 g/mol. The standard InChI is InChI=1S/C6H11N3O2/c1-2-11-5(10)4-3-8-6(7)9-4/h3,5,10H,2H2,1H3,(H3,7,8,9). The maximum absolute atomic E-state index is 9.18. The number of rotatable bonds is 3. The van der Waals surface area contributed by atoms with E-state index in [-0.39, 0.29) is 5.95 Å². The first kappa shape index (κ1) is 8.03. The van der Waals surface area contributed by atoms with Gasteiger partial charge in [-0.2, -0.15) is 0 Å². The molecule has 0 bridgehead atoms. The molecular formula is C6H11N3O2. The van der Waals surface area contributed by atoms with Crippen LogP contribution in [0.15, 0.2) is 6.20 Å². The second-order valence-corrected chi connectivity index (χ2v) is 2.03. The highest BCUT2D eigenvalue weighted by Crippen LogP contribution is 2.11. The zero-order valence-corrected chi connectivity index (χ0v) is 6.24. The number of hydrogen-bond acceptors (Lipinski definition) is 4. The fourth-order valence-electron chi connectivity index (χ4n) is 0.725. The number of ether oxygens (including phenoxy) is 1. The van der Waals surface area contributed by atoms with E-state index < -0.39 is 6.29 Å². The molecule has 0 aliphatic heterocycles. The minimum Gasteiger partial charge on any atom is -0.369 e. The van der Waals surface area contributed by atoms with Gasteiger partial charge in [0.1, 0.15) is 0 Å². The Balaban J connectivity index is 2.60. The first-order chi connectivity index (χ1) is 5.24. The second kappa shape index (κ2) is 3.36. The van der Waals surface area contributed by atoms with E-state index in [4.69, 9.17) is 10.5 Å². The first-order valence-electron chi connectivity index (χ1n) is 3.34. The molecule has 0 aliphatic carbocycles. The van der Waals surface area contributed by atoms with Crippen LogP contribution in [0, 0.1) is 0 Å². The van der Waals surface area contributed by atoms with Crippen LogP contribution in [0.1, 0.15) is 18.9 Å². The predicted octanol–water partition coefficient (Wildman–Crippen LogP) is 0.0193. The number of aliphatic hydroxyl groups is 1. The predicted molar refractivity (Wildman–Crippen MR) is 39.6 cm³/mol. The number of imidazole rings is 1. The molecule has 4 N–H and O–H groups in total. The molecule has 0 aliphatic rings. The van der Waals surface area contributed by atoms with Gasteiger partial charge in [-0.05, 0) is 6.92 Å². The van der Waals surface area contributed by atoms with E-state index >= 15 is 0 Å². The van der Waals surface area contributed by atoms with Crippen LogP contribution in [0.2, 0.25) is 0 Å². The zero-order chi connectivity index (χ0) is 8.27. The highest BCUT2D eigenvalue weighted by Gasteiger charge is 2.08. The molecule has 11 heavy (non-hydrogen) atoms. The van der Waals surface area contributed by atoms with Crippen molar-refractivity contribution in [1.29, 1.82) is 0 Å². The molecule has 62 valence electrons. The van der Waals surface area contributed by atoms with E-state index in [9.17, 15) is 5.11 Å². The van der Waals surface area contributed by atoms with Crippen molar-refractivity contribution in [2.45, 2.75) is 13.2 Å². The number of aromatic nitrogens is 2. The average molecular weight is 157 g/mol.